The molecule has 1 unspecified atom stereocenters. The summed E-state index contributed by atoms with van der Waals surface area (Å²) < 4.78 is 0. The highest BCUT2D eigenvalue weighted by Gasteiger charge is 2.34. The van der Waals surface area contributed by atoms with Gasteiger partial charge >= 0.3 is 0 Å². The zero-order chi connectivity index (χ0) is 21.2. The van der Waals surface area contributed by atoms with E-state index in [-0.39, 0.29) is 17.9 Å². The van der Waals surface area contributed by atoms with Crippen molar-refractivity contribution in [1.29, 1.82) is 0 Å². The smallest absolute Gasteiger partial charge is 0.254 e. The number of hydrogen-bond donors (Lipinski definition) is 0. The molecular weight excluding hydrogens is 426 g/mol. The number of carbonyl (C=O) groups excluding carboxylic acids is 2. The van der Waals surface area contributed by atoms with Gasteiger partial charge < -0.3 is 9.80 Å². The Bertz CT molecular complexity index is 1040. The van der Waals surface area contributed by atoms with Crippen molar-refractivity contribution in [2.45, 2.75) is 12.5 Å². The van der Waals surface area contributed by atoms with Crippen molar-refractivity contribution in [3.8, 4) is 0 Å². The van der Waals surface area contributed by atoms with Gasteiger partial charge in [-0.25, -0.2) is 0 Å². The number of benzene rings is 1. The van der Waals surface area contributed by atoms with Crippen molar-refractivity contribution in [2.24, 2.45) is 0 Å². The first-order valence-electron chi connectivity index (χ1n) is 10.7. The average Bonchev–Trinajstić information content (AvgIpc) is 3.51. The van der Waals surface area contributed by atoms with Gasteiger partial charge in [-0.2, -0.15) is 11.3 Å². The van der Waals surface area contributed by atoms with E-state index in [0.29, 0.717) is 19.6 Å². The van der Waals surface area contributed by atoms with Crippen LogP contribution >= 0.6 is 22.7 Å². The summed E-state index contributed by atoms with van der Waals surface area (Å²) in [6.45, 7) is 3.95. The maximum absolute atomic E-state index is 13.4. The van der Waals surface area contributed by atoms with E-state index in [4.69, 9.17) is 0 Å². The lowest BCUT2D eigenvalue weighted by atomic mass is 9.93. The highest BCUT2D eigenvalue weighted by atomic mass is 32.1. The lowest BCUT2D eigenvalue weighted by molar-refractivity contribution is -0.134. The summed E-state index contributed by atoms with van der Waals surface area (Å²) in [6.07, 6.45) is 0.922. The molecule has 0 aliphatic carbocycles. The molecule has 7 heteroatoms. The van der Waals surface area contributed by atoms with Crippen LogP contribution in [0.15, 0.2) is 58.6 Å². The molecule has 5 nitrogen and oxygen atoms in total. The summed E-state index contributed by atoms with van der Waals surface area (Å²) in [5.41, 5.74) is 3.20. The Kier molecular flexibility index (Phi) is 5.89. The molecular formula is C24H25N3O2S2. The average molecular weight is 452 g/mol. The second-order valence-electron chi connectivity index (χ2n) is 8.03. The molecule has 2 aliphatic heterocycles. The topological polar surface area (TPSA) is 43.9 Å². The number of hydrogen-bond acceptors (Lipinski definition) is 5. The predicted octanol–water partition coefficient (Wildman–Crippen LogP) is 3.74. The van der Waals surface area contributed by atoms with Crippen LogP contribution in [0.5, 0.6) is 0 Å². The summed E-state index contributed by atoms with van der Waals surface area (Å²) in [6, 6.07) is 14.4. The zero-order valence-corrected chi connectivity index (χ0v) is 18.9. The molecule has 1 aromatic carbocycles. The molecule has 4 heterocycles. The molecule has 2 aromatic heterocycles. The van der Waals surface area contributed by atoms with Gasteiger partial charge in [-0.3, -0.25) is 14.5 Å². The monoisotopic (exact) mass is 451 g/mol. The molecule has 160 valence electrons. The van der Waals surface area contributed by atoms with Gasteiger partial charge in [-0.1, -0.05) is 30.3 Å². The SMILES string of the molecule is O=C(c1ccsc1)N1CCN(CC(=O)N2CCc3sccc3C2c2ccccc2)CC1. The molecule has 31 heavy (non-hydrogen) atoms. The fraction of sp³-hybridized carbons (Fsp3) is 0.333. The molecule has 2 aliphatic rings. The summed E-state index contributed by atoms with van der Waals surface area (Å²) in [5.74, 6) is 0.265. The molecule has 0 radical (unpaired) electrons. The van der Waals surface area contributed by atoms with Crippen molar-refractivity contribution in [3.63, 3.8) is 0 Å². The van der Waals surface area contributed by atoms with E-state index >= 15 is 0 Å². The summed E-state index contributed by atoms with van der Waals surface area (Å²) >= 11 is 3.33. The highest BCUT2D eigenvalue weighted by Crippen LogP contribution is 2.37. The normalized spacial score (nSPS) is 19.3. The summed E-state index contributed by atoms with van der Waals surface area (Å²) in [4.78, 5) is 33.5. The highest BCUT2D eigenvalue weighted by molar-refractivity contribution is 7.10. The second-order valence-corrected chi connectivity index (χ2v) is 9.81. The molecule has 0 saturated carbocycles. The number of fused-ring (bicyclic) bond motifs is 1. The molecule has 0 bridgehead atoms. The second kappa shape index (κ2) is 8.94. The first-order chi connectivity index (χ1) is 15.2. The largest absolute Gasteiger partial charge is 0.336 e. The minimum Gasteiger partial charge on any atom is -0.336 e. The van der Waals surface area contributed by atoms with Gasteiger partial charge in [0.05, 0.1) is 18.2 Å². The van der Waals surface area contributed by atoms with E-state index < -0.39 is 0 Å². The third-order valence-electron chi connectivity index (χ3n) is 6.19. The lowest BCUT2D eigenvalue weighted by Crippen LogP contribution is -2.52. The van der Waals surface area contributed by atoms with Gasteiger partial charge in [0.25, 0.3) is 5.91 Å². The van der Waals surface area contributed by atoms with Gasteiger partial charge in [0.1, 0.15) is 0 Å². The van der Waals surface area contributed by atoms with Crippen LogP contribution in [0.3, 0.4) is 0 Å². The first-order valence-corrected chi connectivity index (χ1v) is 12.5. The predicted molar refractivity (Wildman–Crippen MR) is 125 cm³/mol. The Balaban J connectivity index is 1.25. The van der Waals surface area contributed by atoms with Gasteiger partial charge in [-0.15, -0.1) is 11.3 Å². The lowest BCUT2D eigenvalue weighted by Gasteiger charge is -2.39. The molecule has 5 rings (SSSR count). The van der Waals surface area contributed by atoms with Gasteiger partial charge in [-0.05, 0) is 40.4 Å². The molecule has 0 N–H and O–H groups in total. The molecule has 1 saturated heterocycles. The fourth-order valence-electron chi connectivity index (χ4n) is 4.54. The van der Waals surface area contributed by atoms with E-state index in [1.807, 2.05) is 44.8 Å². The number of carbonyl (C=O) groups is 2. The van der Waals surface area contributed by atoms with Crippen LogP contribution in [0.25, 0.3) is 0 Å². The minimum atomic E-state index is -0.00911. The zero-order valence-electron chi connectivity index (χ0n) is 17.3. The molecule has 1 fully saturated rings. The number of rotatable bonds is 4. The van der Waals surface area contributed by atoms with Crippen LogP contribution in [0.1, 0.15) is 32.4 Å². The Morgan fingerprint density at radius 2 is 1.74 bits per heavy atom. The summed E-state index contributed by atoms with van der Waals surface area (Å²) in [7, 11) is 0. The fourth-order valence-corrected chi connectivity index (χ4v) is 6.07. The van der Waals surface area contributed by atoms with Crippen molar-refractivity contribution in [1.82, 2.24) is 14.7 Å². The van der Waals surface area contributed by atoms with Crippen molar-refractivity contribution < 1.29 is 9.59 Å². The third-order valence-corrected chi connectivity index (χ3v) is 7.87. The van der Waals surface area contributed by atoms with Crippen LogP contribution in [0.4, 0.5) is 0 Å². The van der Waals surface area contributed by atoms with E-state index in [9.17, 15) is 9.59 Å². The van der Waals surface area contributed by atoms with Crippen LogP contribution in [-0.4, -0.2) is 65.8 Å². The molecule has 3 aromatic rings. The van der Waals surface area contributed by atoms with Crippen molar-refractivity contribution in [3.05, 3.63) is 80.2 Å². The van der Waals surface area contributed by atoms with Gasteiger partial charge in [0.15, 0.2) is 0 Å². The Morgan fingerprint density at radius 1 is 0.935 bits per heavy atom. The van der Waals surface area contributed by atoms with Gasteiger partial charge in [0.2, 0.25) is 5.91 Å². The van der Waals surface area contributed by atoms with E-state index in [0.717, 1.165) is 31.6 Å². The number of nitrogens with zero attached hydrogens (tertiary/aromatic N) is 3. The standard InChI is InChI=1S/C24H25N3O2S2/c28-22(16-25-10-12-26(13-11-25)24(29)19-7-14-30-17-19)27-9-6-21-20(8-15-31-21)23(27)18-4-2-1-3-5-18/h1-5,7-8,14-15,17,23H,6,9-13,16H2. The van der Waals surface area contributed by atoms with E-state index in [1.54, 1.807) is 22.7 Å². The third kappa shape index (κ3) is 4.18. The molecule has 2 amide bonds. The Labute approximate surface area is 190 Å². The van der Waals surface area contributed by atoms with Gasteiger partial charge in [0, 0.05) is 43.0 Å². The van der Waals surface area contributed by atoms with Crippen LogP contribution in [0, 0.1) is 0 Å². The number of thiophene rings is 2. The quantitative estimate of drug-likeness (QED) is 0.607. The number of amides is 2. The van der Waals surface area contributed by atoms with Crippen molar-refractivity contribution >= 4 is 34.5 Å². The van der Waals surface area contributed by atoms with E-state index in [2.05, 4.69) is 28.5 Å². The maximum Gasteiger partial charge on any atom is 0.254 e. The van der Waals surface area contributed by atoms with Crippen LogP contribution in [0.2, 0.25) is 0 Å². The van der Waals surface area contributed by atoms with E-state index in [1.165, 1.54) is 16.0 Å². The Hall–Kier alpha value is -2.48. The minimum absolute atomic E-state index is 0.00911. The summed E-state index contributed by atoms with van der Waals surface area (Å²) in [5, 5.41) is 5.97. The molecule has 0 spiro atoms. The Morgan fingerprint density at radius 3 is 2.48 bits per heavy atom. The maximum atomic E-state index is 13.4. The first kappa shape index (κ1) is 20.4. The molecule has 1 atom stereocenters. The van der Waals surface area contributed by atoms with Crippen LogP contribution < -0.4 is 0 Å². The number of piperazine rings is 1. The van der Waals surface area contributed by atoms with Crippen LogP contribution in [-0.2, 0) is 11.2 Å². The van der Waals surface area contributed by atoms with Crippen molar-refractivity contribution in [2.75, 3.05) is 39.3 Å².